The van der Waals surface area contributed by atoms with Gasteiger partial charge in [0.1, 0.15) is 18.4 Å². The second kappa shape index (κ2) is 12.5. The second-order valence-electron chi connectivity index (χ2n) is 8.31. The lowest BCUT2D eigenvalue weighted by molar-refractivity contribution is -0.126. The minimum Gasteiger partial charge on any atom is -0.489 e. The van der Waals surface area contributed by atoms with Crippen molar-refractivity contribution in [1.29, 1.82) is 0 Å². The van der Waals surface area contributed by atoms with E-state index in [0.29, 0.717) is 31.4 Å². The number of nitrogens with zero attached hydrogens (tertiary/aromatic N) is 2. The van der Waals surface area contributed by atoms with Gasteiger partial charge in [-0.05, 0) is 44.0 Å². The molecule has 3 heterocycles. The first kappa shape index (κ1) is 26.5. The van der Waals surface area contributed by atoms with E-state index in [-0.39, 0.29) is 23.5 Å². The van der Waals surface area contributed by atoms with Crippen LogP contribution >= 0.6 is 0 Å². The molecule has 9 nitrogen and oxygen atoms in total. The number of hydrogen-bond acceptors (Lipinski definition) is 7. The van der Waals surface area contributed by atoms with Gasteiger partial charge in [0.2, 0.25) is 5.82 Å². The smallest absolute Gasteiger partial charge is 0.267 e. The van der Waals surface area contributed by atoms with E-state index in [9.17, 15) is 18.4 Å². The average Bonchev–Trinajstić information content (AvgIpc) is 3.25. The van der Waals surface area contributed by atoms with E-state index in [1.165, 1.54) is 24.4 Å². The third-order valence-corrected chi connectivity index (χ3v) is 5.64. The number of pyridine rings is 1. The van der Waals surface area contributed by atoms with Crippen LogP contribution < -0.4 is 15.8 Å². The summed E-state index contributed by atoms with van der Waals surface area (Å²) < 4.78 is 41.8. The molecule has 0 aliphatic carbocycles. The van der Waals surface area contributed by atoms with Gasteiger partial charge in [0.25, 0.3) is 11.8 Å². The zero-order valence-electron chi connectivity index (χ0n) is 19.7. The van der Waals surface area contributed by atoms with Crippen molar-refractivity contribution in [1.82, 2.24) is 9.88 Å². The lowest BCUT2D eigenvalue weighted by Gasteiger charge is -2.37. The van der Waals surface area contributed by atoms with Crippen molar-refractivity contribution in [3.05, 3.63) is 53.9 Å². The number of amides is 2. The number of anilines is 1. The molecular weight excluding hydrogens is 462 g/mol. The van der Waals surface area contributed by atoms with Gasteiger partial charge in [0.05, 0.1) is 12.2 Å². The van der Waals surface area contributed by atoms with Crippen LogP contribution in [0.15, 0.2) is 36.5 Å². The second-order valence-corrected chi connectivity index (χ2v) is 8.31. The number of rotatable bonds is 8. The predicted molar refractivity (Wildman–Crippen MR) is 124 cm³/mol. The molecule has 2 fully saturated rings. The number of carbonyl (C=O) groups excluding carboxylic acids is 2. The van der Waals surface area contributed by atoms with Crippen molar-refractivity contribution in [2.75, 3.05) is 38.7 Å². The molecule has 3 N–H and O–H groups in total. The quantitative estimate of drug-likeness (QED) is 0.581. The molecule has 1 aromatic carbocycles. The first-order chi connectivity index (χ1) is 16.8. The van der Waals surface area contributed by atoms with Crippen molar-refractivity contribution in [3.63, 3.8) is 0 Å². The summed E-state index contributed by atoms with van der Waals surface area (Å²) in [6, 6.07) is 6.97. The van der Waals surface area contributed by atoms with Gasteiger partial charge in [-0.25, -0.2) is 4.39 Å². The molecule has 1 aromatic heterocycles. The van der Waals surface area contributed by atoms with Gasteiger partial charge in [-0.3, -0.25) is 19.5 Å². The van der Waals surface area contributed by atoms with Gasteiger partial charge in [-0.15, -0.1) is 0 Å². The number of nitrogens with one attached hydrogen (secondary N) is 1. The van der Waals surface area contributed by atoms with Crippen LogP contribution in [0.5, 0.6) is 5.75 Å². The fourth-order valence-electron chi connectivity index (χ4n) is 3.60. The van der Waals surface area contributed by atoms with Crippen LogP contribution in [0.1, 0.15) is 30.3 Å². The van der Waals surface area contributed by atoms with Gasteiger partial charge in [0.15, 0.2) is 11.6 Å². The van der Waals surface area contributed by atoms with Crippen LogP contribution in [0.2, 0.25) is 0 Å². The van der Waals surface area contributed by atoms with Crippen molar-refractivity contribution >= 4 is 17.5 Å². The largest absolute Gasteiger partial charge is 0.489 e. The van der Waals surface area contributed by atoms with E-state index in [4.69, 9.17) is 19.9 Å². The third-order valence-electron chi connectivity index (χ3n) is 5.64. The summed E-state index contributed by atoms with van der Waals surface area (Å²) in [6.45, 7) is 4.70. The number of ether oxygens (including phenoxy) is 3. The molecule has 190 valence electrons. The van der Waals surface area contributed by atoms with Crippen LogP contribution in [0.4, 0.5) is 14.5 Å². The summed E-state index contributed by atoms with van der Waals surface area (Å²) in [7, 11) is 1.68. The molecule has 0 bridgehead atoms. The Kier molecular flexibility index (Phi) is 9.47. The number of carbonyl (C=O) groups is 2. The molecule has 2 aliphatic rings. The van der Waals surface area contributed by atoms with Crippen molar-refractivity contribution < 1.29 is 32.6 Å². The van der Waals surface area contributed by atoms with Crippen LogP contribution in [-0.4, -0.2) is 73.4 Å². The Bertz CT molecular complexity index is 1020. The molecule has 2 aromatic rings. The summed E-state index contributed by atoms with van der Waals surface area (Å²) in [4.78, 5) is 28.8. The summed E-state index contributed by atoms with van der Waals surface area (Å²) in [6.07, 6.45) is 2.99. The molecule has 0 spiro atoms. The zero-order chi connectivity index (χ0) is 25.4. The van der Waals surface area contributed by atoms with Gasteiger partial charge in [-0.2, -0.15) is 4.39 Å². The zero-order valence-corrected chi connectivity index (χ0v) is 19.7. The highest BCUT2D eigenvalue weighted by molar-refractivity contribution is 5.96. The Morgan fingerprint density at radius 2 is 2.03 bits per heavy atom. The number of methoxy groups -OCH3 is 1. The number of halogens is 2. The molecule has 2 aliphatic heterocycles. The van der Waals surface area contributed by atoms with Gasteiger partial charge < -0.3 is 25.3 Å². The van der Waals surface area contributed by atoms with E-state index in [1.807, 2.05) is 6.92 Å². The number of hydrogen-bond donors (Lipinski definition) is 2. The first-order valence-electron chi connectivity index (χ1n) is 11.3. The molecule has 2 amide bonds. The number of primary amides is 1. The minimum atomic E-state index is -0.925. The molecule has 0 radical (unpaired) electrons. The topological polar surface area (TPSA) is 116 Å². The Morgan fingerprint density at radius 3 is 2.69 bits per heavy atom. The monoisotopic (exact) mass is 492 g/mol. The Hall–Kier alpha value is -3.15. The average molecular weight is 493 g/mol. The molecular formula is C24H30F2N4O5. The standard InChI is InChI=1S/C12H15F2NO2.C12H15N3O3/c1-16-9-7-15(8-9)5-6-17-11-4-2-3-10(13)12(11)14;1-7-2-3-10(18-7)12(17)15-8-4-5-14-9(6-8)11(13)16/h2-4,9H,5-8H2,1H3;4-7,10H,2-3H2,1H3,(H2,13,16)(H,14,15,17). The van der Waals surface area contributed by atoms with Crippen molar-refractivity contribution in [3.8, 4) is 5.75 Å². The van der Waals surface area contributed by atoms with E-state index in [1.54, 1.807) is 13.2 Å². The first-order valence-corrected chi connectivity index (χ1v) is 11.3. The maximum absolute atomic E-state index is 13.2. The number of benzene rings is 1. The summed E-state index contributed by atoms with van der Waals surface area (Å²) in [5.74, 6) is -2.68. The van der Waals surface area contributed by atoms with Crippen molar-refractivity contribution in [2.24, 2.45) is 5.73 Å². The summed E-state index contributed by atoms with van der Waals surface area (Å²) in [5, 5.41) is 2.69. The molecule has 4 rings (SSSR count). The Morgan fingerprint density at radius 1 is 1.26 bits per heavy atom. The van der Waals surface area contributed by atoms with Gasteiger partial charge in [0, 0.05) is 38.6 Å². The highest BCUT2D eigenvalue weighted by Gasteiger charge is 2.28. The molecule has 2 unspecified atom stereocenters. The SMILES string of the molecule is CC1CCC(C(=O)Nc2ccnc(C(N)=O)c2)O1.COC1CN(CCOc2cccc(F)c2F)C1. The van der Waals surface area contributed by atoms with E-state index < -0.39 is 23.6 Å². The number of likely N-dealkylation sites (tertiary alicyclic amines) is 1. The van der Waals surface area contributed by atoms with Crippen molar-refractivity contribution in [2.45, 2.75) is 38.1 Å². The molecule has 2 atom stereocenters. The summed E-state index contributed by atoms with van der Waals surface area (Å²) >= 11 is 0. The summed E-state index contributed by atoms with van der Waals surface area (Å²) in [5.41, 5.74) is 5.73. The maximum Gasteiger partial charge on any atom is 0.267 e. The van der Waals surface area contributed by atoms with E-state index in [2.05, 4.69) is 15.2 Å². The van der Waals surface area contributed by atoms with Crippen LogP contribution in [0.3, 0.4) is 0 Å². The molecule has 2 saturated heterocycles. The highest BCUT2D eigenvalue weighted by Crippen LogP contribution is 2.21. The van der Waals surface area contributed by atoms with E-state index >= 15 is 0 Å². The minimum absolute atomic E-state index is 0.0335. The van der Waals surface area contributed by atoms with Crippen LogP contribution in [0.25, 0.3) is 0 Å². The molecule has 0 saturated carbocycles. The third kappa shape index (κ3) is 7.67. The Balaban J connectivity index is 0.000000196. The predicted octanol–water partition coefficient (Wildman–Crippen LogP) is 2.36. The fraction of sp³-hybridized carbons (Fsp3) is 0.458. The highest BCUT2D eigenvalue weighted by atomic mass is 19.2. The number of aromatic nitrogens is 1. The van der Waals surface area contributed by atoms with E-state index in [0.717, 1.165) is 25.6 Å². The lowest BCUT2D eigenvalue weighted by atomic mass is 10.2. The fourth-order valence-corrected chi connectivity index (χ4v) is 3.60. The van der Waals surface area contributed by atoms with Gasteiger partial charge in [-0.1, -0.05) is 6.07 Å². The van der Waals surface area contributed by atoms with Crippen LogP contribution in [-0.2, 0) is 14.3 Å². The van der Waals surface area contributed by atoms with Crippen LogP contribution in [0, 0.1) is 11.6 Å². The maximum atomic E-state index is 13.2. The normalized spacial score (nSPS) is 19.9. The number of nitrogens with two attached hydrogens (primary N) is 1. The molecule has 35 heavy (non-hydrogen) atoms. The molecule has 11 heteroatoms. The van der Waals surface area contributed by atoms with Gasteiger partial charge >= 0.3 is 0 Å². The lowest BCUT2D eigenvalue weighted by Crippen LogP contribution is -2.52. The Labute approximate surface area is 202 Å².